The fraction of sp³-hybridized carbons (Fsp3) is 0.636. The van der Waals surface area contributed by atoms with Gasteiger partial charge in [0.2, 0.25) is 5.91 Å². The van der Waals surface area contributed by atoms with Crippen LogP contribution in [0.5, 0.6) is 0 Å². The number of hydrogen-bond donors (Lipinski definition) is 3. The van der Waals surface area contributed by atoms with Gasteiger partial charge in [-0.3, -0.25) is 4.79 Å². The van der Waals surface area contributed by atoms with Gasteiger partial charge in [0.1, 0.15) is 0 Å². The van der Waals surface area contributed by atoms with E-state index in [2.05, 4.69) is 10.2 Å². The van der Waals surface area contributed by atoms with E-state index >= 15 is 0 Å². The molecule has 186 valence electrons. The van der Waals surface area contributed by atoms with E-state index < -0.39 is 6.09 Å². The second-order valence-electron chi connectivity index (χ2n) is 7.39. The number of piperazine rings is 1. The Morgan fingerprint density at radius 3 is 2.03 bits per heavy atom. The molecule has 11 nitrogen and oxygen atoms in total. The first-order chi connectivity index (χ1) is 16.1. The van der Waals surface area contributed by atoms with E-state index in [0.29, 0.717) is 72.4 Å². The molecule has 0 radical (unpaired) electrons. The van der Waals surface area contributed by atoms with Gasteiger partial charge < -0.3 is 44.9 Å². The minimum Gasteiger partial charge on any atom is -0.465 e. The molecule has 0 aromatic heterocycles. The zero-order chi connectivity index (χ0) is 23.7. The van der Waals surface area contributed by atoms with E-state index in [9.17, 15) is 9.59 Å². The molecular weight excluding hydrogens is 432 g/mol. The molecule has 0 saturated carbocycles. The van der Waals surface area contributed by atoms with Gasteiger partial charge in [0.05, 0.1) is 59.3 Å². The molecule has 2 amide bonds. The molecule has 0 aliphatic carbocycles. The van der Waals surface area contributed by atoms with Crippen molar-refractivity contribution < 1.29 is 33.6 Å². The third kappa shape index (κ3) is 11.7. The molecule has 1 aromatic rings. The van der Waals surface area contributed by atoms with E-state index in [-0.39, 0.29) is 12.5 Å². The molecule has 2 rings (SSSR count). The molecule has 1 saturated heterocycles. The average Bonchev–Trinajstić information content (AvgIpc) is 2.81. The Bertz CT molecular complexity index is 699. The van der Waals surface area contributed by atoms with Crippen LogP contribution in [0.2, 0.25) is 0 Å². The number of benzene rings is 1. The lowest BCUT2D eigenvalue weighted by Gasteiger charge is -2.36. The summed E-state index contributed by atoms with van der Waals surface area (Å²) < 4.78 is 21.4. The summed E-state index contributed by atoms with van der Waals surface area (Å²) in [5.41, 5.74) is 7.69. The predicted octanol–water partition coefficient (Wildman–Crippen LogP) is 0.642. The van der Waals surface area contributed by atoms with Crippen LogP contribution in [0.4, 0.5) is 16.2 Å². The Morgan fingerprint density at radius 2 is 1.45 bits per heavy atom. The summed E-state index contributed by atoms with van der Waals surface area (Å²) in [4.78, 5) is 26.7. The Balaban J connectivity index is 1.37. The second-order valence-corrected chi connectivity index (χ2v) is 7.39. The van der Waals surface area contributed by atoms with E-state index in [1.807, 2.05) is 29.2 Å². The Kier molecular flexibility index (Phi) is 13.0. The first-order valence-corrected chi connectivity index (χ1v) is 11.2. The van der Waals surface area contributed by atoms with Crippen molar-refractivity contribution >= 4 is 23.4 Å². The highest BCUT2D eigenvalue weighted by molar-refractivity contribution is 5.76. The van der Waals surface area contributed by atoms with Crippen LogP contribution >= 0.6 is 0 Å². The van der Waals surface area contributed by atoms with Gasteiger partial charge in [0.15, 0.2) is 0 Å². The van der Waals surface area contributed by atoms with Crippen LogP contribution in [0.25, 0.3) is 0 Å². The number of nitrogens with zero attached hydrogens (tertiary/aromatic N) is 2. The fourth-order valence-corrected chi connectivity index (χ4v) is 3.25. The van der Waals surface area contributed by atoms with Crippen LogP contribution < -0.4 is 16.0 Å². The van der Waals surface area contributed by atoms with Crippen LogP contribution in [0, 0.1) is 0 Å². The first-order valence-electron chi connectivity index (χ1n) is 11.2. The van der Waals surface area contributed by atoms with E-state index in [1.165, 1.54) is 0 Å². The molecule has 4 N–H and O–H groups in total. The van der Waals surface area contributed by atoms with Crippen LogP contribution in [0.1, 0.15) is 6.42 Å². The molecule has 1 aromatic carbocycles. The minimum absolute atomic E-state index is 0.109. The maximum Gasteiger partial charge on any atom is 0.404 e. The predicted molar refractivity (Wildman–Crippen MR) is 124 cm³/mol. The molecule has 33 heavy (non-hydrogen) atoms. The fourth-order valence-electron chi connectivity index (χ4n) is 3.25. The highest BCUT2D eigenvalue weighted by Gasteiger charge is 2.21. The minimum atomic E-state index is -1.06. The number of carbonyl (C=O) groups excluding carboxylic acids is 1. The largest absolute Gasteiger partial charge is 0.465 e. The molecule has 0 atom stereocenters. The highest BCUT2D eigenvalue weighted by atomic mass is 16.6. The van der Waals surface area contributed by atoms with Gasteiger partial charge in [-0.25, -0.2) is 4.79 Å². The van der Waals surface area contributed by atoms with Crippen molar-refractivity contribution in [3.63, 3.8) is 0 Å². The molecule has 11 heteroatoms. The smallest absolute Gasteiger partial charge is 0.404 e. The summed E-state index contributed by atoms with van der Waals surface area (Å²) >= 11 is 0. The average molecular weight is 469 g/mol. The number of carboxylic acid groups (broad SMARTS) is 1. The zero-order valence-corrected chi connectivity index (χ0v) is 19.1. The topological polar surface area (TPSA) is 136 Å². The lowest BCUT2D eigenvalue weighted by molar-refractivity contribution is -0.132. The zero-order valence-electron chi connectivity index (χ0n) is 19.1. The van der Waals surface area contributed by atoms with Crippen molar-refractivity contribution in [1.82, 2.24) is 10.2 Å². The quantitative estimate of drug-likeness (QED) is 0.236. The number of hydrogen-bond acceptors (Lipinski definition) is 8. The number of nitrogens with one attached hydrogen (secondary N) is 1. The summed E-state index contributed by atoms with van der Waals surface area (Å²) in [5.74, 6) is 0.109. The first kappa shape index (κ1) is 26.7. The van der Waals surface area contributed by atoms with Gasteiger partial charge in [-0.2, -0.15) is 0 Å². The van der Waals surface area contributed by atoms with Gasteiger partial charge in [0.25, 0.3) is 0 Å². The van der Waals surface area contributed by atoms with Gasteiger partial charge in [-0.1, -0.05) is 6.07 Å². The van der Waals surface area contributed by atoms with Crippen molar-refractivity contribution in [3.05, 3.63) is 24.3 Å². The van der Waals surface area contributed by atoms with Crippen molar-refractivity contribution in [3.8, 4) is 0 Å². The molecule has 1 aliphatic rings. The number of rotatable bonds is 16. The van der Waals surface area contributed by atoms with Crippen molar-refractivity contribution in [2.75, 3.05) is 96.2 Å². The number of nitrogen functional groups attached to an aromatic ring is 1. The molecule has 0 bridgehead atoms. The molecule has 1 aliphatic heterocycles. The van der Waals surface area contributed by atoms with E-state index in [0.717, 1.165) is 24.5 Å². The molecule has 0 spiro atoms. The number of carbonyl (C=O) groups is 2. The summed E-state index contributed by atoms with van der Waals surface area (Å²) in [6.45, 7) is 6.48. The highest BCUT2D eigenvalue weighted by Crippen LogP contribution is 2.19. The summed E-state index contributed by atoms with van der Waals surface area (Å²) in [6.07, 6.45) is -0.699. The van der Waals surface area contributed by atoms with Crippen LogP contribution in [0.15, 0.2) is 24.3 Å². The van der Waals surface area contributed by atoms with Crippen molar-refractivity contribution in [2.24, 2.45) is 0 Å². The Hall–Kier alpha value is -2.60. The van der Waals surface area contributed by atoms with Crippen molar-refractivity contribution in [2.45, 2.75) is 6.42 Å². The SMILES string of the molecule is Nc1cccc(N2CCN(C(=O)CCOCCOCCOCCOCCNC(=O)O)CC2)c1. The monoisotopic (exact) mass is 468 g/mol. The lowest BCUT2D eigenvalue weighted by Crippen LogP contribution is -2.49. The summed E-state index contributed by atoms with van der Waals surface area (Å²) in [6, 6.07) is 7.81. The number of amides is 2. The Morgan fingerprint density at radius 1 is 0.879 bits per heavy atom. The maximum atomic E-state index is 12.4. The van der Waals surface area contributed by atoms with Crippen LogP contribution in [-0.2, 0) is 23.7 Å². The van der Waals surface area contributed by atoms with Gasteiger partial charge in [-0.05, 0) is 18.2 Å². The second kappa shape index (κ2) is 16.1. The number of nitrogens with two attached hydrogens (primary N) is 1. The number of anilines is 2. The number of ether oxygens (including phenoxy) is 4. The van der Waals surface area contributed by atoms with Gasteiger partial charge in [0, 0.05) is 44.1 Å². The normalized spacial score (nSPS) is 13.8. The third-order valence-electron chi connectivity index (χ3n) is 4.97. The molecule has 1 fully saturated rings. The summed E-state index contributed by atoms with van der Waals surface area (Å²) in [7, 11) is 0. The Labute approximate surface area is 194 Å². The molecular formula is C22H36N4O7. The molecule has 0 unspecified atom stereocenters. The standard InChI is InChI=1S/C22H36N4O7/c23-19-2-1-3-20(18-19)25-6-8-26(9-7-25)21(27)4-10-30-12-14-32-16-17-33-15-13-31-11-5-24-22(28)29/h1-3,18,24H,4-17,23H2,(H,28,29). The van der Waals surface area contributed by atoms with Gasteiger partial charge in [-0.15, -0.1) is 0 Å². The maximum absolute atomic E-state index is 12.4. The van der Waals surface area contributed by atoms with Crippen molar-refractivity contribution in [1.29, 1.82) is 0 Å². The third-order valence-corrected chi connectivity index (χ3v) is 4.97. The van der Waals surface area contributed by atoms with Crippen LogP contribution in [0.3, 0.4) is 0 Å². The van der Waals surface area contributed by atoms with Crippen LogP contribution in [-0.4, -0.2) is 108 Å². The van der Waals surface area contributed by atoms with E-state index in [1.54, 1.807) is 0 Å². The lowest BCUT2D eigenvalue weighted by atomic mass is 10.2. The molecule has 1 heterocycles. The van der Waals surface area contributed by atoms with E-state index in [4.69, 9.17) is 29.8 Å². The summed E-state index contributed by atoms with van der Waals surface area (Å²) in [5, 5.41) is 10.6. The van der Waals surface area contributed by atoms with Gasteiger partial charge >= 0.3 is 6.09 Å².